The molecule has 1 aromatic rings. The fourth-order valence-corrected chi connectivity index (χ4v) is 3.66. The van der Waals surface area contributed by atoms with Gasteiger partial charge >= 0.3 is 0 Å². The summed E-state index contributed by atoms with van der Waals surface area (Å²) in [5, 5.41) is 3.18. The third-order valence-corrected chi connectivity index (χ3v) is 4.87. The van der Waals surface area contributed by atoms with E-state index in [4.69, 9.17) is 0 Å². The Labute approximate surface area is 117 Å². The average molecular weight is 284 g/mol. The van der Waals surface area contributed by atoms with E-state index in [1.807, 2.05) is 11.8 Å². The number of carbonyl (C=O) groups is 1. The fourth-order valence-electron chi connectivity index (χ4n) is 2.13. The van der Waals surface area contributed by atoms with Crippen molar-refractivity contribution in [3.8, 4) is 0 Å². The summed E-state index contributed by atoms with van der Waals surface area (Å²) in [5.74, 6) is 1.74. The third kappa shape index (κ3) is 4.28. The van der Waals surface area contributed by atoms with E-state index in [2.05, 4.69) is 10.4 Å². The van der Waals surface area contributed by atoms with Crippen LogP contribution in [0, 0.1) is 6.92 Å². The van der Waals surface area contributed by atoms with Gasteiger partial charge in [0.25, 0.3) is 0 Å². The Morgan fingerprint density at radius 3 is 2.72 bits per heavy atom. The molecule has 1 amide bonds. The SMILES string of the molecule is Cc1nc(CSCC(=O)N2CCCCCC2)cs1. The van der Waals surface area contributed by atoms with Crippen molar-refractivity contribution in [3.63, 3.8) is 0 Å². The van der Waals surface area contributed by atoms with E-state index >= 15 is 0 Å². The number of thioether (sulfide) groups is 1. The molecule has 0 atom stereocenters. The highest BCUT2D eigenvalue weighted by Gasteiger charge is 2.15. The first kappa shape index (κ1) is 13.9. The number of nitrogens with zero attached hydrogens (tertiary/aromatic N) is 2. The molecule has 0 saturated carbocycles. The average Bonchev–Trinajstić information content (AvgIpc) is 2.63. The summed E-state index contributed by atoms with van der Waals surface area (Å²) in [5.41, 5.74) is 1.10. The monoisotopic (exact) mass is 284 g/mol. The summed E-state index contributed by atoms with van der Waals surface area (Å²) in [6.07, 6.45) is 4.88. The topological polar surface area (TPSA) is 33.2 Å². The van der Waals surface area contributed by atoms with Gasteiger partial charge in [-0.2, -0.15) is 0 Å². The van der Waals surface area contributed by atoms with Crippen molar-refractivity contribution in [3.05, 3.63) is 16.1 Å². The second kappa shape index (κ2) is 7.14. The lowest BCUT2D eigenvalue weighted by atomic mass is 10.2. The molecule has 1 fully saturated rings. The molecule has 0 aromatic carbocycles. The quantitative estimate of drug-likeness (QED) is 0.852. The molecule has 0 N–H and O–H groups in total. The molecule has 0 spiro atoms. The van der Waals surface area contributed by atoms with Crippen molar-refractivity contribution < 1.29 is 4.79 Å². The van der Waals surface area contributed by atoms with Gasteiger partial charge in [0.2, 0.25) is 5.91 Å². The number of carbonyl (C=O) groups excluding carboxylic acids is 1. The van der Waals surface area contributed by atoms with Gasteiger partial charge in [-0.25, -0.2) is 4.98 Å². The van der Waals surface area contributed by atoms with Crippen molar-refractivity contribution in [2.45, 2.75) is 38.4 Å². The number of aryl methyl sites for hydroxylation is 1. The van der Waals surface area contributed by atoms with Gasteiger partial charge in [-0.15, -0.1) is 23.1 Å². The predicted octanol–water partition coefficient (Wildman–Crippen LogP) is 3.09. The minimum Gasteiger partial charge on any atom is -0.342 e. The van der Waals surface area contributed by atoms with Crippen LogP contribution in [0.25, 0.3) is 0 Å². The van der Waals surface area contributed by atoms with Gasteiger partial charge in [-0.3, -0.25) is 4.79 Å². The van der Waals surface area contributed by atoms with E-state index in [0.717, 1.165) is 29.5 Å². The summed E-state index contributed by atoms with van der Waals surface area (Å²) in [4.78, 5) is 18.5. The maximum Gasteiger partial charge on any atom is 0.232 e. The summed E-state index contributed by atoms with van der Waals surface area (Å²) in [7, 11) is 0. The lowest BCUT2D eigenvalue weighted by molar-refractivity contribution is -0.128. The first-order valence-electron chi connectivity index (χ1n) is 6.52. The normalized spacial score (nSPS) is 16.6. The van der Waals surface area contributed by atoms with Crippen molar-refractivity contribution in [1.29, 1.82) is 0 Å². The zero-order valence-electron chi connectivity index (χ0n) is 10.9. The van der Waals surface area contributed by atoms with Crippen LogP contribution < -0.4 is 0 Å². The summed E-state index contributed by atoms with van der Waals surface area (Å²) in [6.45, 7) is 3.92. The lowest BCUT2D eigenvalue weighted by Gasteiger charge is -2.19. The van der Waals surface area contributed by atoms with Crippen LogP contribution >= 0.6 is 23.1 Å². The van der Waals surface area contributed by atoms with Gasteiger partial charge < -0.3 is 4.90 Å². The minimum atomic E-state index is 0.300. The number of hydrogen-bond donors (Lipinski definition) is 0. The first-order chi connectivity index (χ1) is 8.75. The van der Waals surface area contributed by atoms with Gasteiger partial charge in [0, 0.05) is 24.2 Å². The number of hydrogen-bond acceptors (Lipinski definition) is 4. The summed E-state index contributed by atoms with van der Waals surface area (Å²) in [6, 6.07) is 0. The lowest BCUT2D eigenvalue weighted by Crippen LogP contribution is -2.33. The molecule has 2 heterocycles. The Morgan fingerprint density at radius 2 is 2.11 bits per heavy atom. The number of amides is 1. The van der Waals surface area contributed by atoms with Gasteiger partial charge in [0.05, 0.1) is 16.5 Å². The third-order valence-electron chi connectivity index (χ3n) is 3.10. The summed E-state index contributed by atoms with van der Waals surface area (Å²) >= 11 is 3.36. The fraction of sp³-hybridized carbons (Fsp3) is 0.692. The van der Waals surface area contributed by atoms with E-state index in [-0.39, 0.29) is 0 Å². The minimum absolute atomic E-state index is 0.300. The Kier molecular flexibility index (Phi) is 5.50. The van der Waals surface area contributed by atoms with Crippen LogP contribution in [0.4, 0.5) is 0 Å². The van der Waals surface area contributed by atoms with E-state index in [1.54, 1.807) is 23.1 Å². The van der Waals surface area contributed by atoms with Crippen molar-refractivity contribution in [1.82, 2.24) is 9.88 Å². The highest BCUT2D eigenvalue weighted by molar-refractivity contribution is 7.99. The second-order valence-corrected chi connectivity index (χ2v) is 6.69. The maximum absolute atomic E-state index is 12.0. The van der Waals surface area contributed by atoms with Gasteiger partial charge in [-0.1, -0.05) is 12.8 Å². The van der Waals surface area contributed by atoms with Crippen LogP contribution in [-0.4, -0.2) is 34.6 Å². The predicted molar refractivity (Wildman–Crippen MR) is 78.1 cm³/mol. The zero-order chi connectivity index (χ0) is 12.8. The Bertz CT molecular complexity index is 384. The Balaban J connectivity index is 1.70. The molecular formula is C13H20N2OS2. The molecule has 1 aliphatic heterocycles. The molecular weight excluding hydrogens is 264 g/mol. The van der Waals surface area contributed by atoms with E-state index in [1.165, 1.54) is 25.7 Å². The van der Waals surface area contributed by atoms with Gasteiger partial charge in [-0.05, 0) is 19.8 Å². The molecule has 1 aromatic heterocycles. The molecule has 0 radical (unpaired) electrons. The molecule has 100 valence electrons. The van der Waals surface area contributed by atoms with E-state index in [9.17, 15) is 4.79 Å². The zero-order valence-corrected chi connectivity index (χ0v) is 12.5. The number of thiazole rings is 1. The van der Waals surface area contributed by atoms with Crippen LogP contribution in [0.3, 0.4) is 0 Å². The number of aromatic nitrogens is 1. The molecule has 1 aliphatic rings. The molecule has 18 heavy (non-hydrogen) atoms. The Hall–Kier alpha value is -0.550. The smallest absolute Gasteiger partial charge is 0.232 e. The molecule has 3 nitrogen and oxygen atoms in total. The molecule has 0 bridgehead atoms. The van der Waals surface area contributed by atoms with Gasteiger partial charge in [0.15, 0.2) is 0 Å². The number of rotatable bonds is 4. The highest BCUT2D eigenvalue weighted by atomic mass is 32.2. The van der Waals surface area contributed by atoms with Crippen molar-refractivity contribution in [2.24, 2.45) is 0 Å². The molecule has 0 aliphatic carbocycles. The van der Waals surface area contributed by atoms with Crippen LogP contribution in [0.2, 0.25) is 0 Å². The second-order valence-electron chi connectivity index (χ2n) is 4.65. The molecule has 0 unspecified atom stereocenters. The molecule has 5 heteroatoms. The molecule has 1 saturated heterocycles. The largest absolute Gasteiger partial charge is 0.342 e. The van der Waals surface area contributed by atoms with Crippen molar-refractivity contribution in [2.75, 3.05) is 18.8 Å². The van der Waals surface area contributed by atoms with Gasteiger partial charge in [0.1, 0.15) is 0 Å². The van der Waals surface area contributed by atoms with Crippen molar-refractivity contribution >= 4 is 29.0 Å². The maximum atomic E-state index is 12.0. The van der Waals surface area contributed by atoms with Crippen LogP contribution in [0.1, 0.15) is 36.4 Å². The first-order valence-corrected chi connectivity index (χ1v) is 8.55. The Morgan fingerprint density at radius 1 is 1.39 bits per heavy atom. The van der Waals surface area contributed by atoms with Crippen LogP contribution in [0.5, 0.6) is 0 Å². The van der Waals surface area contributed by atoms with E-state index in [0.29, 0.717) is 11.7 Å². The molecule has 2 rings (SSSR count). The standard InChI is InChI=1S/C13H20N2OS2/c1-11-14-12(9-18-11)8-17-10-13(16)15-6-4-2-3-5-7-15/h9H,2-8,10H2,1H3. The highest BCUT2D eigenvalue weighted by Crippen LogP contribution is 2.16. The van der Waals surface area contributed by atoms with E-state index < -0.39 is 0 Å². The van der Waals surface area contributed by atoms with Crippen LogP contribution in [-0.2, 0) is 10.5 Å². The number of likely N-dealkylation sites (tertiary alicyclic amines) is 1. The summed E-state index contributed by atoms with van der Waals surface area (Å²) < 4.78 is 0. The van der Waals surface area contributed by atoms with Crippen LogP contribution in [0.15, 0.2) is 5.38 Å².